The maximum atomic E-state index is 6.03. The van der Waals surface area contributed by atoms with Gasteiger partial charge in [-0.1, -0.05) is 18.5 Å². The van der Waals surface area contributed by atoms with Crippen LogP contribution in [0.1, 0.15) is 27.7 Å². The molecule has 1 aromatic heterocycles. The highest BCUT2D eigenvalue weighted by Crippen LogP contribution is 2.20. The molecule has 1 aliphatic rings. The van der Waals surface area contributed by atoms with Gasteiger partial charge in [0.05, 0.1) is 6.54 Å². The van der Waals surface area contributed by atoms with Crippen LogP contribution in [0.25, 0.3) is 0 Å². The fourth-order valence-electron chi connectivity index (χ4n) is 2.89. The first-order valence-corrected chi connectivity index (χ1v) is 9.41. The van der Waals surface area contributed by atoms with Crippen LogP contribution in [0.15, 0.2) is 23.3 Å². The van der Waals surface area contributed by atoms with Gasteiger partial charge >= 0.3 is 0 Å². The minimum Gasteiger partial charge on any atom is -0.475 e. The minimum atomic E-state index is 0. The predicted octanol–water partition coefficient (Wildman–Crippen LogP) is 3.02. The first kappa shape index (κ1) is 23.2. The summed E-state index contributed by atoms with van der Waals surface area (Å²) in [6, 6.07) is 4.53. The summed E-state index contributed by atoms with van der Waals surface area (Å²) in [5.74, 6) is 1.88. The van der Waals surface area contributed by atoms with Crippen molar-refractivity contribution in [3.8, 4) is 5.88 Å². The first-order chi connectivity index (χ1) is 12.0. The Balaban J connectivity index is 0.00000338. The molecule has 1 aliphatic heterocycles. The molecule has 2 rings (SSSR count). The zero-order valence-electron chi connectivity index (χ0n) is 16.0. The summed E-state index contributed by atoms with van der Waals surface area (Å²) in [6.45, 7) is 12.8. The van der Waals surface area contributed by atoms with Crippen molar-refractivity contribution in [2.75, 3.05) is 32.8 Å². The topological polar surface area (TPSA) is 61.8 Å². The first-order valence-electron chi connectivity index (χ1n) is 9.03. The summed E-state index contributed by atoms with van der Waals surface area (Å²) in [6.07, 6.45) is 1.66. The summed E-state index contributed by atoms with van der Waals surface area (Å²) in [7, 11) is 0. The van der Waals surface area contributed by atoms with Crippen LogP contribution >= 0.6 is 35.6 Å². The van der Waals surface area contributed by atoms with E-state index in [-0.39, 0.29) is 24.0 Å². The van der Waals surface area contributed by atoms with Crippen LogP contribution in [0.2, 0.25) is 5.02 Å². The predicted molar refractivity (Wildman–Crippen MR) is 119 cm³/mol. The van der Waals surface area contributed by atoms with E-state index in [2.05, 4.69) is 53.2 Å². The molecule has 0 radical (unpaired) electrons. The number of hydrogen-bond donors (Lipinski definition) is 2. The van der Waals surface area contributed by atoms with Gasteiger partial charge in [0.1, 0.15) is 11.6 Å². The molecule has 1 saturated heterocycles. The Morgan fingerprint density at radius 2 is 2.23 bits per heavy atom. The monoisotopic (exact) mass is 495 g/mol. The molecule has 6 nitrogen and oxygen atoms in total. The normalized spacial score (nSPS) is 20.8. The summed E-state index contributed by atoms with van der Waals surface area (Å²) >= 11 is 6.03. The van der Waals surface area contributed by atoms with E-state index >= 15 is 0 Å². The Morgan fingerprint density at radius 3 is 2.85 bits per heavy atom. The number of nitrogens with zero attached hydrogens (tertiary/aromatic N) is 3. The van der Waals surface area contributed by atoms with Gasteiger partial charge in [-0.25, -0.2) is 9.98 Å². The molecule has 0 aromatic carbocycles. The number of likely N-dealkylation sites (tertiary alicyclic amines) is 1. The van der Waals surface area contributed by atoms with E-state index in [1.165, 1.54) is 0 Å². The van der Waals surface area contributed by atoms with Gasteiger partial charge < -0.3 is 15.4 Å². The van der Waals surface area contributed by atoms with Crippen molar-refractivity contribution in [2.45, 2.75) is 39.8 Å². The Morgan fingerprint density at radius 1 is 1.46 bits per heavy atom. The number of ether oxygens (including phenoxy) is 1. The van der Waals surface area contributed by atoms with E-state index in [1.54, 1.807) is 18.3 Å². The summed E-state index contributed by atoms with van der Waals surface area (Å²) < 4.78 is 5.59. The van der Waals surface area contributed by atoms with Crippen LogP contribution in [0.5, 0.6) is 5.88 Å². The largest absolute Gasteiger partial charge is 0.475 e. The average Bonchev–Trinajstić information content (AvgIpc) is 2.94. The third kappa shape index (κ3) is 7.08. The average molecular weight is 496 g/mol. The zero-order chi connectivity index (χ0) is 18.2. The molecule has 8 heteroatoms. The second kappa shape index (κ2) is 11.8. The molecule has 2 N–H and O–H groups in total. The summed E-state index contributed by atoms with van der Waals surface area (Å²) in [4.78, 5) is 11.2. The van der Waals surface area contributed by atoms with E-state index in [0.29, 0.717) is 42.1 Å². The quantitative estimate of drug-likeness (QED) is 0.264. The third-order valence-corrected chi connectivity index (χ3v) is 4.65. The fourth-order valence-corrected chi connectivity index (χ4v) is 3.06. The lowest BCUT2D eigenvalue weighted by Crippen LogP contribution is -2.47. The molecular formula is C18H31ClIN5O. The standard InChI is InChI=1S/C18H30ClN5O.HI/c1-5-20-18(23-16-12-24(13(2)3)11-14(16)4)22-9-10-25-17-15(19)7-6-8-21-17;/h6-8,13-14,16H,5,9-12H2,1-4H3,(H2,20,22,23);1H. The number of pyridine rings is 1. The number of rotatable bonds is 7. The molecule has 1 aromatic rings. The minimum absolute atomic E-state index is 0. The van der Waals surface area contributed by atoms with Gasteiger partial charge in [0.15, 0.2) is 5.96 Å². The Labute approximate surface area is 179 Å². The number of aliphatic imine (C=N–C) groups is 1. The van der Waals surface area contributed by atoms with Gasteiger partial charge in [-0.05, 0) is 38.8 Å². The highest BCUT2D eigenvalue weighted by atomic mass is 127. The molecule has 0 amide bonds. The number of nitrogens with one attached hydrogen (secondary N) is 2. The highest BCUT2D eigenvalue weighted by Gasteiger charge is 2.31. The van der Waals surface area contributed by atoms with Crippen LogP contribution in [-0.2, 0) is 0 Å². The van der Waals surface area contributed by atoms with E-state index in [0.717, 1.165) is 25.6 Å². The third-order valence-electron chi connectivity index (χ3n) is 4.36. The fraction of sp³-hybridized carbons (Fsp3) is 0.667. The van der Waals surface area contributed by atoms with Gasteiger partial charge in [0, 0.05) is 37.9 Å². The lowest BCUT2D eigenvalue weighted by Gasteiger charge is -2.22. The van der Waals surface area contributed by atoms with Gasteiger partial charge in [-0.15, -0.1) is 24.0 Å². The number of guanidine groups is 1. The molecule has 148 valence electrons. The van der Waals surface area contributed by atoms with Crippen molar-refractivity contribution in [3.63, 3.8) is 0 Å². The van der Waals surface area contributed by atoms with Gasteiger partial charge in [0.2, 0.25) is 5.88 Å². The van der Waals surface area contributed by atoms with Crippen molar-refractivity contribution in [3.05, 3.63) is 23.4 Å². The maximum absolute atomic E-state index is 6.03. The number of aromatic nitrogens is 1. The molecule has 0 aliphatic carbocycles. The van der Waals surface area contributed by atoms with Crippen molar-refractivity contribution >= 4 is 41.5 Å². The molecular weight excluding hydrogens is 465 g/mol. The molecule has 2 unspecified atom stereocenters. The second-order valence-electron chi connectivity index (χ2n) is 6.68. The van der Waals surface area contributed by atoms with Crippen LogP contribution in [0, 0.1) is 5.92 Å². The van der Waals surface area contributed by atoms with Gasteiger partial charge in [0.25, 0.3) is 0 Å². The Bertz CT molecular complexity index is 572. The van der Waals surface area contributed by atoms with E-state index in [4.69, 9.17) is 16.3 Å². The van der Waals surface area contributed by atoms with Crippen molar-refractivity contribution in [1.29, 1.82) is 0 Å². The summed E-state index contributed by atoms with van der Waals surface area (Å²) in [5, 5.41) is 7.39. The van der Waals surface area contributed by atoms with E-state index < -0.39 is 0 Å². The van der Waals surface area contributed by atoms with Gasteiger partial charge in [-0.2, -0.15) is 0 Å². The summed E-state index contributed by atoms with van der Waals surface area (Å²) in [5.41, 5.74) is 0. The number of hydrogen-bond acceptors (Lipinski definition) is 4. The van der Waals surface area contributed by atoms with Crippen LogP contribution < -0.4 is 15.4 Å². The molecule has 0 saturated carbocycles. The second-order valence-corrected chi connectivity index (χ2v) is 7.08. The molecule has 1 fully saturated rings. The highest BCUT2D eigenvalue weighted by molar-refractivity contribution is 14.0. The van der Waals surface area contributed by atoms with Gasteiger partial charge in [-0.3, -0.25) is 4.90 Å². The van der Waals surface area contributed by atoms with Crippen molar-refractivity contribution in [1.82, 2.24) is 20.5 Å². The number of halogens is 2. The lowest BCUT2D eigenvalue weighted by molar-refractivity contribution is 0.265. The van der Waals surface area contributed by atoms with E-state index in [9.17, 15) is 0 Å². The lowest BCUT2D eigenvalue weighted by atomic mass is 10.1. The zero-order valence-corrected chi connectivity index (χ0v) is 19.1. The molecule has 2 atom stereocenters. The van der Waals surface area contributed by atoms with E-state index in [1.807, 2.05) is 0 Å². The molecule has 26 heavy (non-hydrogen) atoms. The Kier molecular flexibility index (Phi) is 10.6. The maximum Gasteiger partial charge on any atom is 0.232 e. The molecule has 2 heterocycles. The SMILES string of the molecule is CCNC(=NCCOc1ncccc1Cl)NC1CN(C(C)C)CC1C.I. The molecule has 0 spiro atoms. The molecule has 0 bridgehead atoms. The smallest absolute Gasteiger partial charge is 0.232 e. The Hall–Kier alpha value is -0.800. The van der Waals surface area contributed by atoms with Crippen molar-refractivity contribution in [2.24, 2.45) is 10.9 Å². The van der Waals surface area contributed by atoms with Crippen LogP contribution in [0.3, 0.4) is 0 Å². The van der Waals surface area contributed by atoms with Crippen LogP contribution in [0.4, 0.5) is 0 Å². The van der Waals surface area contributed by atoms with Crippen molar-refractivity contribution < 1.29 is 4.74 Å². The van der Waals surface area contributed by atoms with Crippen LogP contribution in [-0.4, -0.2) is 60.7 Å².